The Morgan fingerprint density at radius 3 is 2.90 bits per heavy atom. The Labute approximate surface area is 123 Å². The van der Waals surface area contributed by atoms with E-state index < -0.39 is 0 Å². The molecule has 2 fully saturated rings. The van der Waals surface area contributed by atoms with Gasteiger partial charge in [0.2, 0.25) is 0 Å². The standard InChI is InChI=1S/C17H27N3/c1-2-18-13-15-7-3-4-9-17(15)20-12-6-11-19-10-5-8-16(19)14-20/h3-4,7,9,16,18H,2,5-6,8,10-14H2,1H3. The minimum Gasteiger partial charge on any atom is -0.370 e. The number of fused-ring (bicyclic) bond motifs is 1. The van der Waals surface area contributed by atoms with Gasteiger partial charge in [-0.15, -0.1) is 0 Å². The predicted octanol–water partition coefficient (Wildman–Crippen LogP) is 2.47. The molecule has 0 bridgehead atoms. The van der Waals surface area contributed by atoms with Gasteiger partial charge in [0.15, 0.2) is 0 Å². The number of nitrogens with zero attached hydrogens (tertiary/aromatic N) is 2. The molecule has 20 heavy (non-hydrogen) atoms. The van der Waals surface area contributed by atoms with E-state index in [4.69, 9.17) is 0 Å². The van der Waals surface area contributed by atoms with Crippen molar-refractivity contribution in [1.29, 1.82) is 0 Å². The van der Waals surface area contributed by atoms with Crippen molar-refractivity contribution in [2.75, 3.05) is 37.6 Å². The van der Waals surface area contributed by atoms with Crippen molar-refractivity contribution in [1.82, 2.24) is 10.2 Å². The highest BCUT2D eigenvalue weighted by atomic mass is 15.3. The van der Waals surface area contributed by atoms with Crippen LogP contribution in [-0.2, 0) is 6.54 Å². The zero-order chi connectivity index (χ0) is 13.8. The topological polar surface area (TPSA) is 18.5 Å². The van der Waals surface area contributed by atoms with E-state index in [1.54, 1.807) is 0 Å². The van der Waals surface area contributed by atoms with Crippen LogP contribution in [0.25, 0.3) is 0 Å². The van der Waals surface area contributed by atoms with Crippen LogP contribution in [0.5, 0.6) is 0 Å². The molecule has 3 heteroatoms. The molecule has 1 aromatic carbocycles. The van der Waals surface area contributed by atoms with E-state index in [9.17, 15) is 0 Å². The lowest BCUT2D eigenvalue weighted by Gasteiger charge is -2.29. The van der Waals surface area contributed by atoms with Crippen LogP contribution in [0, 0.1) is 0 Å². The number of nitrogens with one attached hydrogen (secondary N) is 1. The Morgan fingerprint density at radius 2 is 2.00 bits per heavy atom. The van der Waals surface area contributed by atoms with Gasteiger partial charge in [-0.2, -0.15) is 0 Å². The van der Waals surface area contributed by atoms with Crippen molar-refractivity contribution in [3.05, 3.63) is 29.8 Å². The maximum Gasteiger partial charge on any atom is 0.0412 e. The number of anilines is 1. The predicted molar refractivity (Wildman–Crippen MR) is 85.2 cm³/mol. The van der Waals surface area contributed by atoms with Crippen molar-refractivity contribution >= 4 is 5.69 Å². The van der Waals surface area contributed by atoms with Gasteiger partial charge in [-0.25, -0.2) is 0 Å². The van der Waals surface area contributed by atoms with Crippen LogP contribution < -0.4 is 10.2 Å². The molecule has 2 aliphatic rings. The molecule has 0 aliphatic carbocycles. The van der Waals surface area contributed by atoms with E-state index in [2.05, 4.69) is 46.3 Å². The zero-order valence-electron chi connectivity index (χ0n) is 12.6. The van der Waals surface area contributed by atoms with E-state index in [0.29, 0.717) is 0 Å². The Balaban J connectivity index is 1.77. The van der Waals surface area contributed by atoms with E-state index >= 15 is 0 Å². The first-order chi connectivity index (χ1) is 9.88. The molecule has 1 atom stereocenters. The molecular formula is C17H27N3. The van der Waals surface area contributed by atoms with E-state index in [1.807, 2.05) is 0 Å². The number of hydrogen-bond donors (Lipinski definition) is 1. The summed E-state index contributed by atoms with van der Waals surface area (Å²) in [6, 6.07) is 9.70. The van der Waals surface area contributed by atoms with Gasteiger partial charge >= 0.3 is 0 Å². The molecule has 2 heterocycles. The molecule has 0 amide bonds. The Kier molecular flexibility index (Phi) is 4.58. The van der Waals surface area contributed by atoms with Gasteiger partial charge in [0.1, 0.15) is 0 Å². The smallest absolute Gasteiger partial charge is 0.0412 e. The third-order valence-corrected chi connectivity index (χ3v) is 4.70. The van der Waals surface area contributed by atoms with Crippen molar-refractivity contribution in [2.24, 2.45) is 0 Å². The number of benzene rings is 1. The van der Waals surface area contributed by atoms with Crippen molar-refractivity contribution in [2.45, 2.75) is 38.8 Å². The highest BCUT2D eigenvalue weighted by Crippen LogP contribution is 2.27. The number of rotatable bonds is 4. The molecule has 2 saturated heterocycles. The van der Waals surface area contributed by atoms with Crippen LogP contribution in [-0.4, -0.2) is 43.7 Å². The molecule has 0 radical (unpaired) electrons. The summed E-state index contributed by atoms with van der Waals surface area (Å²) in [5.41, 5.74) is 2.89. The summed E-state index contributed by atoms with van der Waals surface area (Å²) < 4.78 is 0. The first kappa shape index (κ1) is 13.9. The molecule has 3 rings (SSSR count). The number of para-hydroxylation sites is 1. The van der Waals surface area contributed by atoms with Gasteiger partial charge in [-0.1, -0.05) is 25.1 Å². The monoisotopic (exact) mass is 273 g/mol. The highest BCUT2D eigenvalue weighted by molar-refractivity contribution is 5.54. The Morgan fingerprint density at radius 1 is 1.15 bits per heavy atom. The van der Waals surface area contributed by atoms with Gasteiger partial charge in [-0.05, 0) is 44.0 Å². The minimum atomic E-state index is 0.782. The van der Waals surface area contributed by atoms with Gasteiger partial charge in [0, 0.05) is 37.9 Å². The van der Waals surface area contributed by atoms with Crippen LogP contribution in [0.1, 0.15) is 31.7 Å². The molecule has 1 aromatic rings. The summed E-state index contributed by atoms with van der Waals surface area (Å²) in [5.74, 6) is 0. The Hall–Kier alpha value is -1.06. The summed E-state index contributed by atoms with van der Waals surface area (Å²) in [7, 11) is 0. The Bertz CT molecular complexity index is 432. The summed E-state index contributed by atoms with van der Waals surface area (Å²) >= 11 is 0. The van der Waals surface area contributed by atoms with E-state index in [-0.39, 0.29) is 0 Å². The largest absolute Gasteiger partial charge is 0.370 e. The molecule has 110 valence electrons. The molecule has 0 saturated carbocycles. The average molecular weight is 273 g/mol. The van der Waals surface area contributed by atoms with Crippen molar-refractivity contribution in [3.63, 3.8) is 0 Å². The van der Waals surface area contributed by atoms with Crippen molar-refractivity contribution in [3.8, 4) is 0 Å². The van der Waals surface area contributed by atoms with Gasteiger partial charge in [0.25, 0.3) is 0 Å². The van der Waals surface area contributed by atoms with Crippen LogP contribution in [0.3, 0.4) is 0 Å². The quantitative estimate of drug-likeness (QED) is 0.909. The summed E-state index contributed by atoms with van der Waals surface area (Å²) in [6.45, 7) is 9.21. The third kappa shape index (κ3) is 2.99. The van der Waals surface area contributed by atoms with Crippen LogP contribution in [0.15, 0.2) is 24.3 Å². The van der Waals surface area contributed by atoms with E-state index in [0.717, 1.165) is 19.1 Å². The zero-order valence-corrected chi connectivity index (χ0v) is 12.6. The maximum absolute atomic E-state index is 3.47. The summed E-state index contributed by atoms with van der Waals surface area (Å²) in [4.78, 5) is 5.33. The third-order valence-electron chi connectivity index (χ3n) is 4.70. The van der Waals surface area contributed by atoms with E-state index in [1.165, 1.54) is 56.7 Å². The molecule has 0 spiro atoms. The van der Waals surface area contributed by atoms with Crippen molar-refractivity contribution < 1.29 is 0 Å². The van der Waals surface area contributed by atoms with Crippen LogP contribution in [0.2, 0.25) is 0 Å². The fourth-order valence-corrected chi connectivity index (χ4v) is 3.65. The fourth-order valence-electron chi connectivity index (χ4n) is 3.65. The second-order valence-electron chi connectivity index (χ2n) is 6.04. The highest BCUT2D eigenvalue weighted by Gasteiger charge is 2.29. The molecule has 3 nitrogen and oxygen atoms in total. The lowest BCUT2D eigenvalue weighted by molar-refractivity contribution is 0.273. The van der Waals surface area contributed by atoms with Gasteiger partial charge in [-0.3, -0.25) is 4.90 Å². The average Bonchev–Trinajstić information content (AvgIpc) is 2.82. The lowest BCUT2D eigenvalue weighted by atomic mass is 10.1. The first-order valence-corrected chi connectivity index (χ1v) is 8.16. The van der Waals surface area contributed by atoms with Crippen LogP contribution in [0.4, 0.5) is 5.69 Å². The van der Waals surface area contributed by atoms with Crippen LogP contribution >= 0.6 is 0 Å². The molecule has 1 unspecified atom stereocenters. The van der Waals surface area contributed by atoms with Gasteiger partial charge < -0.3 is 10.2 Å². The summed E-state index contributed by atoms with van der Waals surface area (Å²) in [5, 5.41) is 3.47. The first-order valence-electron chi connectivity index (χ1n) is 8.16. The van der Waals surface area contributed by atoms with Gasteiger partial charge in [0.05, 0.1) is 0 Å². The normalized spacial score (nSPS) is 23.6. The minimum absolute atomic E-state index is 0.782. The maximum atomic E-state index is 3.47. The fraction of sp³-hybridized carbons (Fsp3) is 0.647. The molecule has 2 aliphatic heterocycles. The lowest BCUT2D eigenvalue weighted by Crippen LogP contribution is -2.37. The molecular weight excluding hydrogens is 246 g/mol. The SMILES string of the molecule is CCNCc1ccccc1N1CCCN2CCCC2C1. The second-order valence-corrected chi connectivity index (χ2v) is 6.04. The number of hydrogen-bond acceptors (Lipinski definition) is 3. The molecule has 0 aromatic heterocycles. The second kappa shape index (κ2) is 6.59. The molecule has 1 N–H and O–H groups in total. The summed E-state index contributed by atoms with van der Waals surface area (Å²) in [6.07, 6.45) is 4.06.